The molecule has 0 saturated carbocycles. The molecular weight excluding hydrogens is 264 g/mol. The van der Waals surface area contributed by atoms with Crippen molar-refractivity contribution in [3.63, 3.8) is 0 Å². The van der Waals surface area contributed by atoms with Crippen LogP contribution in [0.15, 0.2) is 42.5 Å². The largest absolute Gasteiger partial charge is 0.478 e. The first-order valence-electron chi connectivity index (χ1n) is 6.98. The van der Waals surface area contributed by atoms with Crippen LogP contribution >= 0.6 is 0 Å². The highest BCUT2D eigenvalue weighted by Crippen LogP contribution is 2.19. The molecule has 0 saturated heterocycles. The van der Waals surface area contributed by atoms with Crippen LogP contribution in [0.25, 0.3) is 0 Å². The van der Waals surface area contributed by atoms with E-state index in [4.69, 9.17) is 4.74 Å². The van der Waals surface area contributed by atoms with Crippen molar-refractivity contribution in [1.82, 2.24) is 0 Å². The Balaban J connectivity index is 2.20. The third kappa shape index (κ3) is 3.85. The zero-order chi connectivity index (χ0) is 15.4. The van der Waals surface area contributed by atoms with E-state index in [0.717, 1.165) is 22.3 Å². The number of benzene rings is 2. The second-order valence-corrected chi connectivity index (χ2v) is 5.32. The van der Waals surface area contributed by atoms with Crippen molar-refractivity contribution in [3.8, 4) is 5.75 Å². The van der Waals surface area contributed by atoms with E-state index < -0.39 is 12.1 Å². The van der Waals surface area contributed by atoms with Crippen molar-refractivity contribution < 1.29 is 14.6 Å². The number of hydrogen-bond donors (Lipinski definition) is 1. The molecule has 0 heterocycles. The summed E-state index contributed by atoms with van der Waals surface area (Å²) in [6.45, 7) is 5.99. The minimum absolute atomic E-state index is 0.358. The predicted molar refractivity (Wildman–Crippen MR) is 82.9 cm³/mol. The summed E-state index contributed by atoms with van der Waals surface area (Å²) in [5, 5.41) is 9.40. The Hall–Kier alpha value is -2.29. The van der Waals surface area contributed by atoms with Crippen LogP contribution in [0, 0.1) is 20.8 Å². The van der Waals surface area contributed by atoms with Crippen molar-refractivity contribution in [2.24, 2.45) is 0 Å². The Kier molecular flexibility index (Phi) is 4.63. The lowest BCUT2D eigenvalue weighted by Crippen LogP contribution is -2.29. The number of ether oxygens (including phenoxy) is 1. The summed E-state index contributed by atoms with van der Waals surface area (Å²) < 4.78 is 5.66. The Labute approximate surface area is 125 Å². The van der Waals surface area contributed by atoms with Gasteiger partial charge in [-0.2, -0.15) is 0 Å². The van der Waals surface area contributed by atoms with Gasteiger partial charge in [0.05, 0.1) is 0 Å². The van der Waals surface area contributed by atoms with Crippen molar-refractivity contribution in [3.05, 3.63) is 64.7 Å². The number of carboxylic acid groups (broad SMARTS) is 1. The molecular formula is C18H20O3. The molecule has 110 valence electrons. The molecule has 2 rings (SSSR count). The molecule has 0 bridgehead atoms. The summed E-state index contributed by atoms with van der Waals surface area (Å²) in [5.74, 6) is -0.356. The monoisotopic (exact) mass is 284 g/mol. The second kappa shape index (κ2) is 6.44. The van der Waals surface area contributed by atoms with E-state index in [-0.39, 0.29) is 0 Å². The highest BCUT2D eigenvalue weighted by atomic mass is 16.5. The minimum Gasteiger partial charge on any atom is -0.478 e. The number of aryl methyl sites for hydroxylation is 2. The summed E-state index contributed by atoms with van der Waals surface area (Å²) in [5.41, 5.74) is 4.34. The molecule has 0 aromatic heterocycles. The molecule has 0 fully saturated rings. The Bertz CT molecular complexity index is 647. The van der Waals surface area contributed by atoms with E-state index in [1.54, 1.807) is 6.07 Å². The zero-order valence-corrected chi connectivity index (χ0v) is 12.6. The molecule has 0 aliphatic heterocycles. The quantitative estimate of drug-likeness (QED) is 0.911. The van der Waals surface area contributed by atoms with E-state index in [9.17, 15) is 9.90 Å². The lowest BCUT2D eigenvalue weighted by Gasteiger charge is -2.17. The van der Waals surface area contributed by atoms with Crippen molar-refractivity contribution in [1.29, 1.82) is 0 Å². The fourth-order valence-corrected chi connectivity index (χ4v) is 2.27. The van der Waals surface area contributed by atoms with Crippen LogP contribution in [0.2, 0.25) is 0 Å². The Morgan fingerprint density at radius 2 is 1.86 bits per heavy atom. The van der Waals surface area contributed by atoms with Crippen LogP contribution in [0.5, 0.6) is 5.75 Å². The first kappa shape index (κ1) is 15.1. The third-order valence-electron chi connectivity index (χ3n) is 3.67. The molecule has 1 atom stereocenters. The van der Waals surface area contributed by atoms with Crippen LogP contribution in [0.4, 0.5) is 0 Å². The van der Waals surface area contributed by atoms with E-state index in [2.05, 4.69) is 0 Å². The average molecular weight is 284 g/mol. The summed E-state index contributed by atoms with van der Waals surface area (Å²) in [7, 11) is 0. The van der Waals surface area contributed by atoms with E-state index in [0.29, 0.717) is 12.2 Å². The highest BCUT2D eigenvalue weighted by Gasteiger charge is 2.21. The molecule has 2 aromatic rings. The molecule has 3 heteroatoms. The predicted octanol–water partition coefficient (Wildman–Crippen LogP) is 3.69. The SMILES string of the molecule is Cc1cccc(O[C@H](Cc2cccc(C)c2C)C(=O)O)c1. The highest BCUT2D eigenvalue weighted by molar-refractivity contribution is 5.73. The maximum atomic E-state index is 11.5. The lowest BCUT2D eigenvalue weighted by molar-refractivity contribution is -0.145. The van der Waals surface area contributed by atoms with Crippen LogP contribution in [0.3, 0.4) is 0 Å². The minimum atomic E-state index is -0.947. The molecule has 0 unspecified atom stereocenters. The van der Waals surface area contributed by atoms with Gasteiger partial charge in [-0.3, -0.25) is 0 Å². The standard InChI is InChI=1S/C18H20O3/c1-12-6-4-9-16(10-12)21-17(18(19)20)11-15-8-5-7-13(2)14(15)3/h4-10,17H,11H2,1-3H3,(H,19,20)/t17-/m1/s1. The Morgan fingerprint density at radius 1 is 1.14 bits per heavy atom. The maximum Gasteiger partial charge on any atom is 0.345 e. The van der Waals surface area contributed by atoms with Crippen molar-refractivity contribution in [2.75, 3.05) is 0 Å². The first-order valence-corrected chi connectivity index (χ1v) is 6.98. The molecule has 0 spiro atoms. The molecule has 0 aliphatic carbocycles. The maximum absolute atomic E-state index is 11.5. The van der Waals surface area contributed by atoms with Gasteiger partial charge in [0.2, 0.25) is 0 Å². The van der Waals surface area contributed by atoms with Gasteiger partial charge in [0.15, 0.2) is 6.10 Å². The summed E-state index contributed by atoms with van der Waals surface area (Å²) in [6, 6.07) is 13.4. The van der Waals surface area contributed by atoms with Gasteiger partial charge in [-0.25, -0.2) is 4.79 Å². The average Bonchev–Trinajstić information content (AvgIpc) is 2.43. The second-order valence-electron chi connectivity index (χ2n) is 5.32. The molecule has 0 aliphatic rings. The Morgan fingerprint density at radius 3 is 2.52 bits per heavy atom. The van der Waals surface area contributed by atoms with Gasteiger partial charge in [-0.15, -0.1) is 0 Å². The number of aliphatic carboxylic acids is 1. The lowest BCUT2D eigenvalue weighted by atomic mass is 9.98. The van der Waals surface area contributed by atoms with Crippen LogP contribution in [-0.2, 0) is 11.2 Å². The normalized spacial score (nSPS) is 12.0. The molecule has 1 N–H and O–H groups in total. The van der Waals surface area contributed by atoms with Gasteiger partial charge in [0.1, 0.15) is 5.75 Å². The third-order valence-corrected chi connectivity index (χ3v) is 3.67. The molecule has 0 radical (unpaired) electrons. The smallest absolute Gasteiger partial charge is 0.345 e. The molecule has 2 aromatic carbocycles. The summed E-state index contributed by atoms with van der Waals surface area (Å²) in [4.78, 5) is 11.5. The summed E-state index contributed by atoms with van der Waals surface area (Å²) in [6.07, 6.45) is -0.524. The van der Waals surface area contributed by atoms with Crippen LogP contribution < -0.4 is 4.74 Å². The van der Waals surface area contributed by atoms with E-state index in [1.165, 1.54) is 0 Å². The van der Waals surface area contributed by atoms with Gasteiger partial charge >= 0.3 is 5.97 Å². The molecule has 0 amide bonds. The molecule has 3 nitrogen and oxygen atoms in total. The zero-order valence-electron chi connectivity index (χ0n) is 12.6. The van der Waals surface area contributed by atoms with E-state index >= 15 is 0 Å². The van der Waals surface area contributed by atoms with Crippen LogP contribution in [-0.4, -0.2) is 17.2 Å². The van der Waals surface area contributed by atoms with Gasteiger partial charge in [-0.05, 0) is 55.2 Å². The fraction of sp³-hybridized carbons (Fsp3) is 0.278. The number of rotatable bonds is 5. The fourth-order valence-electron chi connectivity index (χ4n) is 2.27. The van der Waals surface area contributed by atoms with Gasteiger partial charge < -0.3 is 9.84 Å². The van der Waals surface area contributed by atoms with Crippen LogP contribution in [0.1, 0.15) is 22.3 Å². The van der Waals surface area contributed by atoms with Gasteiger partial charge in [0.25, 0.3) is 0 Å². The summed E-state index contributed by atoms with van der Waals surface area (Å²) >= 11 is 0. The molecule has 21 heavy (non-hydrogen) atoms. The topological polar surface area (TPSA) is 46.5 Å². The van der Waals surface area contributed by atoms with Crippen molar-refractivity contribution in [2.45, 2.75) is 33.3 Å². The van der Waals surface area contributed by atoms with Gasteiger partial charge in [0, 0.05) is 6.42 Å². The number of hydrogen-bond acceptors (Lipinski definition) is 2. The van der Waals surface area contributed by atoms with Crippen molar-refractivity contribution >= 4 is 5.97 Å². The number of carbonyl (C=O) groups is 1. The first-order chi connectivity index (χ1) is 9.97. The van der Waals surface area contributed by atoms with E-state index in [1.807, 2.05) is 57.2 Å². The van der Waals surface area contributed by atoms with Gasteiger partial charge in [-0.1, -0.05) is 30.3 Å². The number of carboxylic acids is 1.